The van der Waals surface area contributed by atoms with Gasteiger partial charge >= 0.3 is 6.18 Å². The van der Waals surface area contributed by atoms with Gasteiger partial charge in [-0.2, -0.15) is 23.4 Å². The first-order valence-corrected chi connectivity index (χ1v) is 10.5. The Kier molecular flexibility index (Phi) is 4.94. The summed E-state index contributed by atoms with van der Waals surface area (Å²) in [5.74, 6) is 0. The fourth-order valence-corrected chi connectivity index (χ4v) is 3.69. The van der Waals surface area contributed by atoms with Crippen LogP contribution in [-0.2, 0) is 16.2 Å². The number of hydrogen-bond acceptors (Lipinski definition) is 4. The number of rotatable bonds is 4. The highest BCUT2D eigenvalue weighted by atomic mass is 32.2. The lowest BCUT2D eigenvalue weighted by Gasteiger charge is -2.12. The van der Waals surface area contributed by atoms with E-state index in [0.29, 0.717) is 5.56 Å². The number of primary sulfonamides is 1. The number of hydrogen-bond donors (Lipinski definition) is 2. The van der Waals surface area contributed by atoms with Crippen LogP contribution in [0.3, 0.4) is 0 Å². The molecule has 4 aromatic rings. The van der Waals surface area contributed by atoms with E-state index in [1.54, 1.807) is 31.5 Å². The van der Waals surface area contributed by atoms with Crippen molar-refractivity contribution in [2.45, 2.75) is 18.0 Å². The molecule has 0 aliphatic heterocycles. The molecule has 0 saturated carbocycles. The Balaban J connectivity index is 1.91. The van der Waals surface area contributed by atoms with Crippen LogP contribution in [0.4, 0.5) is 13.2 Å². The van der Waals surface area contributed by atoms with Crippen molar-refractivity contribution in [3.8, 4) is 28.1 Å². The summed E-state index contributed by atoms with van der Waals surface area (Å²) < 4.78 is 64.5. The third kappa shape index (κ3) is 4.09. The number of aromatic amines is 1. The molecule has 160 valence electrons. The summed E-state index contributed by atoms with van der Waals surface area (Å²) in [6.07, 6.45) is -1.37. The van der Waals surface area contributed by atoms with Crippen LogP contribution in [0, 0.1) is 6.92 Å². The first kappa shape index (κ1) is 20.8. The number of H-pyrrole nitrogens is 1. The lowest BCUT2D eigenvalue weighted by Crippen LogP contribution is -2.12. The van der Waals surface area contributed by atoms with Crippen LogP contribution in [0.1, 0.15) is 11.3 Å². The van der Waals surface area contributed by atoms with Gasteiger partial charge in [-0.25, -0.2) is 18.2 Å². The second-order valence-electron chi connectivity index (χ2n) is 6.88. The molecule has 2 aromatic heterocycles. The number of aryl methyl sites for hydroxylation is 1. The van der Waals surface area contributed by atoms with E-state index in [1.165, 1.54) is 24.3 Å². The van der Waals surface area contributed by atoms with Gasteiger partial charge in [0.05, 0.1) is 22.5 Å². The zero-order chi connectivity index (χ0) is 22.4. The van der Waals surface area contributed by atoms with Crippen molar-refractivity contribution in [1.29, 1.82) is 0 Å². The quantitative estimate of drug-likeness (QED) is 0.495. The normalized spacial score (nSPS) is 12.3. The molecule has 3 N–H and O–H groups in total. The van der Waals surface area contributed by atoms with Gasteiger partial charge in [0.1, 0.15) is 0 Å². The van der Waals surface area contributed by atoms with Crippen molar-refractivity contribution in [3.05, 3.63) is 72.2 Å². The second kappa shape index (κ2) is 7.36. The maximum Gasteiger partial charge on any atom is 0.435 e. The zero-order valence-electron chi connectivity index (χ0n) is 16.1. The van der Waals surface area contributed by atoms with Crippen molar-refractivity contribution in [2.24, 2.45) is 5.14 Å². The standard InChI is InChI=1S/C20H16F3N5O2S/c1-12-2-3-13(14-10-25-26-11-14)8-17(12)18-9-19(20(21,22)23)27-28(18)15-4-6-16(7-5-15)31(24,29)30/h2-11H,1H3,(H,25,26)(H2,24,29,30). The van der Waals surface area contributed by atoms with Gasteiger partial charge in [-0.05, 0) is 54.4 Å². The molecule has 0 spiro atoms. The van der Waals surface area contributed by atoms with E-state index in [4.69, 9.17) is 5.14 Å². The first-order chi connectivity index (χ1) is 14.5. The molecule has 7 nitrogen and oxygen atoms in total. The Labute approximate surface area is 175 Å². The molecule has 0 fully saturated rings. The molecule has 0 bridgehead atoms. The molecule has 31 heavy (non-hydrogen) atoms. The zero-order valence-corrected chi connectivity index (χ0v) is 16.9. The van der Waals surface area contributed by atoms with Gasteiger partial charge in [-0.1, -0.05) is 12.1 Å². The summed E-state index contributed by atoms with van der Waals surface area (Å²) in [4.78, 5) is -0.154. The molecule has 0 saturated heterocycles. The molecular formula is C20H16F3N5O2S. The fourth-order valence-electron chi connectivity index (χ4n) is 3.17. The minimum Gasteiger partial charge on any atom is -0.285 e. The number of sulfonamides is 1. The average molecular weight is 447 g/mol. The summed E-state index contributed by atoms with van der Waals surface area (Å²) in [7, 11) is -3.94. The maximum absolute atomic E-state index is 13.5. The molecule has 4 rings (SSSR count). The lowest BCUT2D eigenvalue weighted by atomic mass is 9.99. The van der Waals surface area contributed by atoms with Crippen LogP contribution in [-0.4, -0.2) is 28.4 Å². The Hall–Kier alpha value is -3.44. The van der Waals surface area contributed by atoms with Gasteiger partial charge in [-0.15, -0.1) is 0 Å². The number of nitrogens with one attached hydrogen (secondary N) is 1. The van der Waals surface area contributed by atoms with Gasteiger partial charge in [0.2, 0.25) is 10.0 Å². The van der Waals surface area contributed by atoms with E-state index in [0.717, 1.165) is 27.4 Å². The van der Waals surface area contributed by atoms with Crippen LogP contribution in [0.2, 0.25) is 0 Å². The molecule has 0 aliphatic carbocycles. The number of nitrogens with zero attached hydrogens (tertiary/aromatic N) is 3. The van der Waals surface area contributed by atoms with Gasteiger partial charge in [-0.3, -0.25) is 5.10 Å². The Morgan fingerprint density at radius 3 is 2.32 bits per heavy atom. The number of halogens is 3. The monoisotopic (exact) mass is 447 g/mol. The minimum absolute atomic E-state index is 0.154. The van der Waals surface area contributed by atoms with Gasteiger partial charge in [0.15, 0.2) is 5.69 Å². The molecule has 0 atom stereocenters. The summed E-state index contributed by atoms with van der Waals surface area (Å²) in [6, 6.07) is 11.5. The number of aromatic nitrogens is 4. The summed E-state index contributed by atoms with van der Waals surface area (Å²) in [5, 5.41) is 15.5. The topological polar surface area (TPSA) is 107 Å². The average Bonchev–Trinajstić information content (AvgIpc) is 3.38. The highest BCUT2D eigenvalue weighted by molar-refractivity contribution is 7.89. The summed E-state index contributed by atoms with van der Waals surface area (Å²) in [6.45, 7) is 1.78. The number of alkyl halides is 3. The first-order valence-electron chi connectivity index (χ1n) is 8.95. The van der Waals surface area contributed by atoms with Gasteiger partial charge in [0.25, 0.3) is 0 Å². The second-order valence-corrected chi connectivity index (χ2v) is 8.44. The molecule has 2 aromatic carbocycles. The predicted octanol–water partition coefficient (Wildman–Crippen LogP) is 3.90. The van der Waals surface area contributed by atoms with E-state index in [-0.39, 0.29) is 16.3 Å². The molecular weight excluding hydrogens is 431 g/mol. The van der Waals surface area contributed by atoms with Crippen LogP contribution >= 0.6 is 0 Å². The lowest BCUT2D eigenvalue weighted by molar-refractivity contribution is -0.141. The third-order valence-corrected chi connectivity index (χ3v) is 5.68. The molecule has 0 aliphatic rings. The Morgan fingerprint density at radius 2 is 1.74 bits per heavy atom. The van der Waals surface area contributed by atoms with Crippen LogP contribution in [0.15, 0.2) is 65.8 Å². The van der Waals surface area contributed by atoms with Crippen LogP contribution < -0.4 is 5.14 Å². The number of nitrogens with two attached hydrogens (primary N) is 1. The Bertz CT molecular complexity index is 1340. The minimum atomic E-state index is -4.66. The van der Waals surface area contributed by atoms with E-state index < -0.39 is 21.9 Å². The van der Waals surface area contributed by atoms with Crippen LogP contribution in [0.25, 0.3) is 28.1 Å². The molecule has 11 heteroatoms. The SMILES string of the molecule is Cc1ccc(-c2cn[nH]c2)cc1-c1cc(C(F)(F)F)nn1-c1ccc(S(N)(=O)=O)cc1. The smallest absolute Gasteiger partial charge is 0.285 e. The van der Waals surface area contributed by atoms with Gasteiger partial charge in [0, 0.05) is 17.3 Å². The molecule has 0 radical (unpaired) electrons. The van der Waals surface area contributed by atoms with Crippen LogP contribution in [0.5, 0.6) is 0 Å². The highest BCUT2D eigenvalue weighted by Crippen LogP contribution is 2.36. The highest BCUT2D eigenvalue weighted by Gasteiger charge is 2.35. The van der Waals surface area contributed by atoms with E-state index >= 15 is 0 Å². The predicted molar refractivity (Wildman–Crippen MR) is 108 cm³/mol. The van der Waals surface area contributed by atoms with Gasteiger partial charge < -0.3 is 0 Å². The largest absolute Gasteiger partial charge is 0.435 e. The van der Waals surface area contributed by atoms with Crippen molar-refractivity contribution in [1.82, 2.24) is 20.0 Å². The number of benzene rings is 2. The Morgan fingerprint density at radius 1 is 1.03 bits per heavy atom. The molecule has 0 unspecified atom stereocenters. The van der Waals surface area contributed by atoms with E-state index in [1.807, 2.05) is 6.07 Å². The summed E-state index contributed by atoms with van der Waals surface area (Å²) in [5.41, 5.74) is 2.22. The third-order valence-electron chi connectivity index (χ3n) is 4.75. The van der Waals surface area contributed by atoms with E-state index in [9.17, 15) is 21.6 Å². The van der Waals surface area contributed by atoms with Crippen molar-refractivity contribution >= 4 is 10.0 Å². The molecule has 0 amide bonds. The molecule has 2 heterocycles. The van der Waals surface area contributed by atoms with Crippen molar-refractivity contribution in [2.75, 3.05) is 0 Å². The fraction of sp³-hybridized carbons (Fsp3) is 0.100. The van der Waals surface area contributed by atoms with Crippen molar-refractivity contribution in [3.63, 3.8) is 0 Å². The summed E-state index contributed by atoms with van der Waals surface area (Å²) >= 11 is 0. The maximum atomic E-state index is 13.5. The van der Waals surface area contributed by atoms with E-state index in [2.05, 4.69) is 15.3 Å². The van der Waals surface area contributed by atoms with Crippen molar-refractivity contribution < 1.29 is 21.6 Å².